The van der Waals surface area contributed by atoms with Crippen LogP contribution in [0.1, 0.15) is 69.6 Å². The largest absolute Gasteiger partial charge is 0.492 e. The van der Waals surface area contributed by atoms with Crippen LogP contribution >= 0.6 is 15.9 Å². The van der Waals surface area contributed by atoms with E-state index in [4.69, 9.17) is 19.3 Å². The zero-order chi connectivity index (χ0) is 26.7. The van der Waals surface area contributed by atoms with Crippen LogP contribution in [0.4, 0.5) is 4.79 Å². The second kappa shape index (κ2) is 11.0. The molecule has 0 amide bonds. The molecule has 0 spiro atoms. The molecular formula is C28H34BrNO6. The molecule has 7 nitrogen and oxygen atoms in total. The number of aliphatic hydroxyl groups excluding tert-OH is 1. The number of para-hydroxylation sites is 1. The fourth-order valence-corrected chi connectivity index (χ4v) is 4.29. The van der Waals surface area contributed by atoms with E-state index >= 15 is 0 Å². The molecule has 0 radical (unpaired) electrons. The number of esters is 1. The van der Waals surface area contributed by atoms with Crippen molar-refractivity contribution in [3.8, 4) is 5.75 Å². The third-order valence-electron chi connectivity index (χ3n) is 5.08. The second-order valence-corrected chi connectivity index (χ2v) is 11.4. The molecule has 1 aromatic heterocycles. The van der Waals surface area contributed by atoms with Crippen molar-refractivity contribution in [3.05, 3.63) is 63.8 Å². The van der Waals surface area contributed by atoms with Gasteiger partial charge in [0.1, 0.15) is 17.0 Å². The summed E-state index contributed by atoms with van der Waals surface area (Å²) in [6, 6.07) is 12.9. The van der Waals surface area contributed by atoms with E-state index in [1.165, 1.54) is 4.57 Å². The highest BCUT2D eigenvalue weighted by molar-refractivity contribution is 9.10. The highest BCUT2D eigenvalue weighted by Gasteiger charge is 2.31. The van der Waals surface area contributed by atoms with E-state index in [9.17, 15) is 9.59 Å². The molecule has 194 valence electrons. The highest BCUT2D eigenvalue weighted by atomic mass is 79.9. The summed E-state index contributed by atoms with van der Waals surface area (Å²) in [5.41, 5.74) is 0.827. The Morgan fingerprint density at radius 2 is 1.64 bits per heavy atom. The van der Waals surface area contributed by atoms with E-state index in [0.717, 1.165) is 10.0 Å². The van der Waals surface area contributed by atoms with E-state index in [1.807, 2.05) is 57.2 Å². The van der Waals surface area contributed by atoms with Crippen LogP contribution in [0.25, 0.3) is 10.9 Å². The number of rotatable bonds is 7. The lowest BCUT2D eigenvalue weighted by Crippen LogP contribution is -2.29. The van der Waals surface area contributed by atoms with Gasteiger partial charge >= 0.3 is 12.1 Å². The molecule has 0 fully saturated rings. The van der Waals surface area contributed by atoms with Crippen LogP contribution in [0.15, 0.2) is 46.9 Å². The van der Waals surface area contributed by atoms with Crippen molar-refractivity contribution < 1.29 is 28.9 Å². The van der Waals surface area contributed by atoms with Crippen molar-refractivity contribution in [2.45, 2.75) is 65.6 Å². The molecule has 0 saturated heterocycles. The predicted octanol–water partition coefficient (Wildman–Crippen LogP) is 6.49. The second-order valence-electron chi connectivity index (χ2n) is 10.5. The predicted molar refractivity (Wildman–Crippen MR) is 143 cm³/mol. The molecule has 2 aromatic carbocycles. The number of halogens is 1. The topological polar surface area (TPSA) is 87.0 Å². The summed E-state index contributed by atoms with van der Waals surface area (Å²) in [4.78, 5) is 26.9. The van der Waals surface area contributed by atoms with Crippen molar-refractivity contribution in [1.82, 2.24) is 4.57 Å². The summed E-state index contributed by atoms with van der Waals surface area (Å²) < 4.78 is 19.4. The van der Waals surface area contributed by atoms with E-state index < -0.39 is 23.3 Å². The van der Waals surface area contributed by atoms with Crippen LogP contribution in [-0.2, 0) is 15.9 Å². The molecule has 0 saturated carbocycles. The van der Waals surface area contributed by atoms with Crippen LogP contribution in [0.2, 0.25) is 0 Å². The van der Waals surface area contributed by atoms with Gasteiger partial charge in [-0.3, -0.25) is 0 Å². The Morgan fingerprint density at radius 3 is 2.25 bits per heavy atom. The van der Waals surface area contributed by atoms with Gasteiger partial charge in [-0.05, 0) is 81.2 Å². The standard InChI is InChI=1S/C28H34BrNO6/c1-27(2,3)35-25(32)24-19-10-7-8-11-21(19)30(26(33)36-28(4,5)6)22(24)17-18-12-13-23(20(29)16-18)34-15-9-14-31/h7-8,10-13,16,31H,9,14-15,17H2,1-6H3. The van der Waals surface area contributed by atoms with Gasteiger partial charge < -0.3 is 19.3 Å². The lowest BCUT2D eigenvalue weighted by Gasteiger charge is -2.22. The quantitative estimate of drug-likeness (QED) is 0.263. The Morgan fingerprint density at radius 1 is 0.972 bits per heavy atom. The third-order valence-corrected chi connectivity index (χ3v) is 5.70. The van der Waals surface area contributed by atoms with Gasteiger partial charge in [0.25, 0.3) is 0 Å². The maximum Gasteiger partial charge on any atom is 0.419 e. The molecule has 36 heavy (non-hydrogen) atoms. The third kappa shape index (κ3) is 6.89. The fourth-order valence-electron chi connectivity index (χ4n) is 3.74. The van der Waals surface area contributed by atoms with Gasteiger partial charge in [0, 0.05) is 30.5 Å². The van der Waals surface area contributed by atoms with Gasteiger partial charge in [-0.15, -0.1) is 0 Å². The maximum atomic E-state index is 13.4. The van der Waals surface area contributed by atoms with E-state index in [1.54, 1.807) is 26.8 Å². The van der Waals surface area contributed by atoms with Crippen molar-refractivity contribution in [2.75, 3.05) is 13.2 Å². The lowest BCUT2D eigenvalue weighted by molar-refractivity contribution is 0.00706. The number of carbonyl (C=O) groups is 2. The van der Waals surface area contributed by atoms with E-state index in [2.05, 4.69) is 15.9 Å². The minimum absolute atomic E-state index is 0.0539. The number of aromatic nitrogens is 1. The molecular weight excluding hydrogens is 526 g/mol. The minimum Gasteiger partial charge on any atom is -0.492 e. The Kier molecular flexibility index (Phi) is 8.52. The molecule has 0 aliphatic rings. The summed E-state index contributed by atoms with van der Waals surface area (Å²) in [5, 5.41) is 9.62. The van der Waals surface area contributed by atoms with Crippen LogP contribution in [0.3, 0.4) is 0 Å². The van der Waals surface area contributed by atoms with Gasteiger partial charge in [0.2, 0.25) is 0 Å². The molecule has 1 heterocycles. The first-order valence-electron chi connectivity index (χ1n) is 11.9. The normalized spacial score (nSPS) is 12.0. The first kappa shape index (κ1) is 27.7. The number of hydrogen-bond donors (Lipinski definition) is 1. The lowest BCUT2D eigenvalue weighted by atomic mass is 10.0. The van der Waals surface area contributed by atoms with Gasteiger partial charge in [-0.1, -0.05) is 24.3 Å². The van der Waals surface area contributed by atoms with Gasteiger partial charge in [0.15, 0.2) is 0 Å². The minimum atomic E-state index is -0.720. The zero-order valence-corrected chi connectivity index (χ0v) is 23.3. The zero-order valence-electron chi connectivity index (χ0n) is 21.7. The van der Waals surface area contributed by atoms with Crippen molar-refractivity contribution in [2.24, 2.45) is 0 Å². The number of carbonyl (C=O) groups excluding carboxylic acids is 2. The first-order chi connectivity index (χ1) is 16.8. The van der Waals surface area contributed by atoms with Crippen LogP contribution in [0, 0.1) is 0 Å². The number of hydrogen-bond acceptors (Lipinski definition) is 6. The van der Waals surface area contributed by atoms with E-state index in [-0.39, 0.29) is 13.0 Å². The molecule has 8 heteroatoms. The average molecular weight is 560 g/mol. The number of benzene rings is 2. The fraction of sp³-hybridized carbons (Fsp3) is 0.429. The Hall–Kier alpha value is -2.84. The smallest absolute Gasteiger partial charge is 0.419 e. The average Bonchev–Trinajstić information content (AvgIpc) is 3.07. The Balaban J connectivity index is 2.15. The van der Waals surface area contributed by atoms with Crippen LogP contribution in [-0.4, -0.2) is 46.2 Å². The highest BCUT2D eigenvalue weighted by Crippen LogP contribution is 2.33. The van der Waals surface area contributed by atoms with Crippen molar-refractivity contribution >= 4 is 38.9 Å². The molecule has 0 bridgehead atoms. The monoisotopic (exact) mass is 559 g/mol. The van der Waals surface area contributed by atoms with Crippen LogP contribution < -0.4 is 4.74 Å². The van der Waals surface area contributed by atoms with Gasteiger partial charge in [-0.25, -0.2) is 14.2 Å². The molecule has 0 atom stereocenters. The summed E-state index contributed by atoms with van der Waals surface area (Å²) in [5.74, 6) is 0.145. The summed E-state index contributed by atoms with van der Waals surface area (Å²) in [7, 11) is 0. The number of nitrogens with zero attached hydrogens (tertiary/aromatic N) is 1. The number of aliphatic hydroxyl groups is 1. The van der Waals surface area contributed by atoms with Crippen LogP contribution in [0.5, 0.6) is 5.75 Å². The Bertz CT molecular complexity index is 1180. The molecule has 1 N–H and O–H groups in total. The summed E-state index contributed by atoms with van der Waals surface area (Å²) in [6.07, 6.45) is 0.244. The molecule has 3 aromatic rings. The molecule has 0 aliphatic carbocycles. The van der Waals surface area contributed by atoms with Crippen molar-refractivity contribution in [1.29, 1.82) is 0 Å². The van der Waals surface area contributed by atoms with E-state index in [0.29, 0.717) is 40.9 Å². The maximum absolute atomic E-state index is 13.4. The van der Waals surface area contributed by atoms with Crippen molar-refractivity contribution in [3.63, 3.8) is 0 Å². The Labute approximate surface area is 220 Å². The molecule has 0 aliphatic heterocycles. The molecule has 0 unspecified atom stereocenters. The SMILES string of the molecule is CC(C)(C)OC(=O)c1c(Cc2ccc(OCCCO)c(Br)c2)n(C(=O)OC(C)(C)C)c2ccccc12. The summed E-state index contributed by atoms with van der Waals surface area (Å²) >= 11 is 3.54. The number of ether oxygens (including phenoxy) is 3. The summed E-state index contributed by atoms with van der Waals surface area (Å²) in [6.45, 7) is 11.3. The van der Waals surface area contributed by atoms with Gasteiger partial charge in [-0.2, -0.15) is 0 Å². The number of fused-ring (bicyclic) bond motifs is 1. The first-order valence-corrected chi connectivity index (χ1v) is 12.7. The van der Waals surface area contributed by atoms with Gasteiger partial charge in [0.05, 0.1) is 22.2 Å². The molecule has 3 rings (SSSR count).